The Kier molecular flexibility index (Phi) is 7.64. The topological polar surface area (TPSA) is 111 Å². The zero-order valence-corrected chi connectivity index (χ0v) is 13.4. The van der Waals surface area contributed by atoms with E-state index in [0.29, 0.717) is 18.7 Å². The van der Waals surface area contributed by atoms with Crippen molar-refractivity contribution >= 4 is 45.4 Å². The summed E-state index contributed by atoms with van der Waals surface area (Å²) in [4.78, 5) is 24.4. The monoisotopic (exact) mass is 344 g/mol. The number of para-hydroxylation sites is 1. The molecule has 2 rings (SSSR count). The molecule has 120 valence electrons. The van der Waals surface area contributed by atoms with Gasteiger partial charge in [-0.1, -0.05) is 23.9 Å². The number of hydroxylamine groups is 2. The third kappa shape index (κ3) is 6.29. The summed E-state index contributed by atoms with van der Waals surface area (Å²) in [7, 11) is 0. The van der Waals surface area contributed by atoms with Crippen LogP contribution in [0.1, 0.15) is 13.3 Å². The van der Waals surface area contributed by atoms with Gasteiger partial charge in [-0.2, -0.15) is 0 Å². The number of nitrogens with zero attached hydrogens (tertiary/aromatic N) is 2. The summed E-state index contributed by atoms with van der Waals surface area (Å²) in [6.07, 6.45) is -1.51. The number of rotatable bonds is 5. The Morgan fingerprint density at radius 3 is 2.55 bits per heavy atom. The molecule has 0 fully saturated rings. The van der Waals surface area contributed by atoms with Crippen LogP contribution in [0.15, 0.2) is 28.6 Å². The van der Waals surface area contributed by atoms with Gasteiger partial charge in [0.05, 0.1) is 10.2 Å². The van der Waals surface area contributed by atoms with Gasteiger partial charge in [-0.05, 0) is 19.1 Å². The quantitative estimate of drug-likeness (QED) is 0.434. The molecule has 0 saturated carbocycles. The molecule has 1 aromatic heterocycles. The van der Waals surface area contributed by atoms with Crippen molar-refractivity contribution in [3.8, 4) is 0 Å². The number of amides is 1. The average molecular weight is 344 g/mol. The Hall–Kier alpha value is -1.84. The average Bonchev–Trinajstić information content (AvgIpc) is 2.88. The first kappa shape index (κ1) is 18.2. The maximum atomic E-state index is 11.4. The molecule has 1 aromatic carbocycles. The maximum absolute atomic E-state index is 11.4. The van der Waals surface area contributed by atoms with Gasteiger partial charge in [-0.3, -0.25) is 10.0 Å². The van der Waals surface area contributed by atoms with Crippen LogP contribution < -0.4 is 0 Å². The highest BCUT2D eigenvalue weighted by atomic mass is 32.2. The Morgan fingerprint density at radius 2 is 1.95 bits per heavy atom. The number of carbonyl (C=O) groups is 2. The molecule has 0 radical (unpaired) electrons. The summed E-state index contributed by atoms with van der Waals surface area (Å²) < 4.78 is 2.12. The first-order valence-electron chi connectivity index (χ1n) is 6.33. The van der Waals surface area contributed by atoms with Crippen LogP contribution in [0.4, 0.5) is 4.79 Å². The fraction of sp³-hybridized carbons (Fsp3) is 0.308. The minimum absolute atomic E-state index is 0.244. The van der Waals surface area contributed by atoms with E-state index in [0.717, 1.165) is 19.6 Å². The van der Waals surface area contributed by atoms with Crippen molar-refractivity contribution in [1.82, 2.24) is 10.0 Å². The van der Waals surface area contributed by atoms with Gasteiger partial charge in [0.1, 0.15) is 0 Å². The van der Waals surface area contributed by atoms with Gasteiger partial charge in [-0.25, -0.2) is 14.8 Å². The van der Waals surface area contributed by atoms with E-state index in [1.54, 1.807) is 30.0 Å². The van der Waals surface area contributed by atoms with Crippen molar-refractivity contribution in [3.05, 3.63) is 24.3 Å². The molecule has 0 unspecified atom stereocenters. The molecule has 7 nitrogen and oxygen atoms in total. The van der Waals surface area contributed by atoms with Crippen LogP contribution in [0.2, 0.25) is 0 Å². The lowest BCUT2D eigenvalue weighted by atomic mass is 10.3. The molecule has 1 amide bonds. The van der Waals surface area contributed by atoms with Gasteiger partial charge in [0.15, 0.2) is 4.34 Å². The zero-order chi connectivity index (χ0) is 16.5. The molecular formula is C13H16N2O5S2. The molecule has 0 atom stereocenters. The molecule has 0 bridgehead atoms. The molecule has 0 saturated heterocycles. The summed E-state index contributed by atoms with van der Waals surface area (Å²) in [6.45, 7) is 2.06. The van der Waals surface area contributed by atoms with E-state index in [9.17, 15) is 10.0 Å². The normalized spacial score (nSPS) is 9.91. The number of carboxylic acid groups (broad SMARTS) is 2. The van der Waals surface area contributed by atoms with Crippen LogP contribution in [0.25, 0.3) is 10.2 Å². The maximum Gasteiger partial charge on any atom is 0.503 e. The second-order valence-corrected chi connectivity index (χ2v) is 6.31. The van der Waals surface area contributed by atoms with E-state index in [1.165, 1.54) is 0 Å². The van der Waals surface area contributed by atoms with Crippen molar-refractivity contribution in [2.75, 3.05) is 12.3 Å². The van der Waals surface area contributed by atoms with Gasteiger partial charge in [0.25, 0.3) is 0 Å². The van der Waals surface area contributed by atoms with E-state index in [2.05, 4.69) is 4.98 Å². The highest BCUT2D eigenvalue weighted by Crippen LogP contribution is 2.29. The number of fused-ring (bicyclic) bond motifs is 1. The summed E-state index contributed by atoms with van der Waals surface area (Å²) in [5.41, 5.74) is 0.994. The van der Waals surface area contributed by atoms with Crippen molar-refractivity contribution in [3.63, 3.8) is 0 Å². The fourth-order valence-electron chi connectivity index (χ4n) is 1.44. The first-order chi connectivity index (χ1) is 10.4. The highest BCUT2D eigenvalue weighted by molar-refractivity contribution is 8.01. The Bertz CT molecular complexity index is 595. The number of aromatic nitrogens is 1. The van der Waals surface area contributed by atoms with Gasteiger partial charge < -0.3 is 10.2 Å². The van der Waals surface area contributed by atoms with Crippen molar-refractivity contribution < 1.29 is 25.0 Å². The van der Waals surface area contributed by atoms with Gasteiger partial charge >= 0.3 is 6.16 Å². The molecule has 9 heteroatoms. The predicted octanol–water partition coefficient (Wildman–Crippen LogP) is 3.24. The molecule has 0 aliphatic rings. The molecular weight excluding hydrogens is 328 g/mol. The molecule has 3 N–H and O–H groups in total. The van der Waals surface area contributed by atoms with Gasteiger partial charge in [0, 0.05) is 18.7 Å². The number of hydrogen-bond donors (Lipinski definition) is 3. The minimum Gasteiger partial charge on any atom is -0.450 e. The van der Waals surface area contributed by atoms with E-state index in [-0.39, 0.29) is 5.91 Å². The van der Waals surface area contributed by atoms with Crippen molar-refractivity contribution in [1.29, 1.82) is 0 Å². The molecule has 2 aromatic rings. The van der Waals surface area contributed by atoms with Crippen LogP contribution in [0.5, 0.6) is 0 Å². The Morgan fingerprint density at radius 1 is 1.32 bits per heavy atom. The molecule has 0 spiro atoms. The van der Waals surface area contributed by atoms with Crippen LogP contribution in [-0.4, -0.2) is 49.8 Å². The van der Waals surface area contributed by atoms with Gasteiger partial charge in [0.2, 0.25) is 5.91 Å². The third-order valence-electron chi connectivity index (χ3n) is 2.40. The van der Waals surface area contributed by atoms with Crippen LogP contribution >= 0.6 is 23.1 Å². The lowest BCUT2D eigenvalue weighted by molar-refractivity contribution is -0.163. The van der Waals surface area contributed by atoms with Crippen molar-refractivity contribution in [2.45, 2.75) is 17.7 Å². The largest absolute Gasteiger partial charge is 0.503 e. The molecule has 0 aliphatic heterocycles. The Balaban J connectivity index is 0.000000541. The van der Waals surface area contributed by atoms with E-state index < -0.39 is 6.16 Å². The second-order valence-electron chi connectivity index (χ2n) is 3.94. The molecule has 22 heavy (non-hydrogen) atoms. The summed E-state index contributed by atoms with van der Waals surface area (Å²) in [5, 5.41) is 23.9. The Labute approximate surface area is 135 Å². The van der Waals surface area contributed by atoms with Crippen LogP contribution in [-0.2, 0) is 4.79 Å². The number of benzene rings is 1. The lowest BCUT2D eigenvalue weighted by Crippen LogP contribution is -2.27. The predicted molar refractivity (Wildman–Crippen MR) is 84.8 cm³/mol. The smallest absolute Gasteiger partial charge is 0.450 e. The van der Waals surface area contributed by atoms with Gasteiger partial charge in [-0.15, -0.1) is 11.3 Å². The third-order valence-corrected chi connectivity index (χ3v) is 4.58. The number of hydrogen-bond acceptors (Lipinski definition) is 6. The number of carbonyl (C=O) groups excluding carboxylic acids is 1. The van der Waals surface area contributed by atoms with Crippen LogP contribution in [0.3, 0.4) is 0 Å². The van der Waals surface area contributed by atoms with E-state index in [4.69, 9.17) is 15.0 Å². The molecule has 1 heterocycles. The fourth-order valence-corrected chi connectivity index (χ4v) is 3.51. The summed E-state index contributed by atoms with van der Waals surface area (Å²) in [6, 6.07) is 7.97. The second kappa shape index (κ2) is 9.23. The highest BCUT2D eigenvalue weighted by Gasteiger charge is 2.09. The lowest BCUT2D eigenvalue weighted by Gasteiger charge is -2.10. The summed E-state index contributed by atoms with van der Waals surface area (Å²) >= 11 is 3.18. The first-order valence-corrected chi connectivity index (χ1v) is 8.13. The van der Waals surface area contributed by atoms with E-state index in [1.807, 2.05) is 24.3 Å². The zero-order valence-electron chi connectivity index (χ0n) is 11.8. The summed E-state index contributed by atoms with van der Waals surface area (Å²) in [5.74, 6) is 0.390. The standard InChI is InChI=1S/C12H14N2O2S2.CH2O3/c1-2-14(16)11(15)7-8-17-12-13-9-5-3-4-6-10(9)18-12;2-1(3)4/h3-6,16H,2,7-8H2,1H3;(H2,2,3,4). The number of thioether (sulfide) groups is 1. The van der Waals surface area contributed by atoms with E-state index >= 15 is 0 Å². The minimum atomic E-state index is -1.83. The SMILES string of the molecule is CCN(O)C(=O)CCSc1nc2ccccc2s1.O=C(O)O. The van der Waals surface area contributed by atoms with Crippen molar-refractivity contribution in [2.24, 2.45) is 0 Å². The van der Waals surface area contributed by atoms with Crippen LogP contribution in [0, 0.1) is 0 Å². The molecule has 0 aliphatic carbocycles. The number of thiazole rings is 1.